The number of unbranched alkanes of at least 4 members (excludes halogenated alkanes) is 11. The normalized spacial score (nSPS) is 12.3. The lowest BCUT2D eigenvalue weighted by Crippen LogP contribution is -2.17. The molecule has 3 N–H and O–H groups in total. The summed E-state index contributed by atoms with van der Waals surface area (Å²) in [7, 11) is -3.56. The smallest absolute Gasteiger partial charge is 0.296 e. The minimum Gasteiger partial charge on any atom is -0.379 e. The summed E-state index contributed by atoms with van der Waals surface area (Å²) in [5, 5.41) is 8.77. The largest absolute Gasteiger partial charge is 0.379 e. The Hall–Kier alpha value is -0.950. The highest BCUT2D eigenvalue weighted by atomic mass is 32.2. The fourth-order valence-corrected chi connectivity index (χ4v) is 3.98. The first-order chi connectivity index (χ1) is 14.4. The van der Waals surface area contributed by atoms with Crippen LogP contribution in [0.1, 0.15) is 104 Å². The minimum atomic E-state index is -3.56. The Kier molecular flexibility index (Phi) is 19.3. The van der Waals surface area contributed by atoms with E-state index >= 15 is 0 Å². The van der Waals surface area contributed by atoms with Gasteiger partial charge >= 0.3 is 0 Å². The number of aliphatic hydroxyl groups excluding tert-OH is 1. The Balaban J connectivity index is 0.000000612. The Morgan fingerprint density at radius 2 is 1.27 bits per heavy atom. The summed E-state index contributed by atoms with van der Waals surface area (Å²) in [5.74, 6) is 0. The van der Waals surface area contributed by atoms with Crippen molar-refractivity contribution < 1.29 is 17.7 Å². The predicted octanol–water partition coefficient (Wildman–Crippen LogP) is 6.16. The third-order valence-electron chi connectivity index (χ3n) is 4.87. The lowest BCUT2D eigenvalue weighted by Gasteiger charge is -2.05. The summed E-state index contributed by atoms with van der Waals surface area (Å²) < 4.78 is 28.5. The van der Waals surface area contributed by atoms with E-state index in [0.29, 0.717) is 0 Å². The van der Waals surface area contributed by atoms with Gasteiger partial charge in [-0.1, -0.05) is 103 Å². The number of hydrogen-bond acceptors (Lipinski definition) is 5. The average Bonchev–Trinajstić information content (AvgIpc) is 2.73. The van der Waals surface area contributed by atoms with Crippen molar-refractivity contribution in [1.82, 2.24) is 0 Å². The Labute approximate surface area is 185 Å². The molecule has 0 bridgehead atoms. The molecule has 0 saturated carbocycles. The van der Waals surface area contributed by atoms with Gasteiger partial charge in [0.1, 0.15) is 6.23 Å². The van der Waals surface area contributed by atoms with Crippen LogP contribution in [0, 0.1) is 0 Å². The number of benzene rings is 1. The van der Waals surface area contributed by atoms with Gasteiger partial charge in [-0.05, 0) is 31.4 Å². The van der Waals surface area contributed by atoms with Crippen LogP contribution >= 0.6 is 0 Å². The molecule has 0 saturated heterocycles. The van der Waals surface area contributed by atoms with Crippen molar-refractivity contribution in [3.8, 4) is 0 Å². The number of nitrogens with two attached hydrogens (primary N) is 1. The Morgan fingerprint density at radius 3 is 1.77 bits per heavy atom. The molecule has 1 atom stereocenters. The fraction of sp³-hybridized carbons (Fsp3) is 0.750. The topological polar surface area (TPSA) is 89.6 Å². The average molecular weight is 444 g/mol. The van der Waals surface area contributed by atoms with E-state index in [4.69, 9.17) is 15.0 Å². The minimum absolute atomic E-state index is 0.232. The van der Waals surface area contributed by atoms with Gasteiger partial charge in [-0.2, -0.15) is 8.42 Å². The van der Waals surface area contributed by atoms with Crippen LogP contribution < -0.4 is 5.73 Å². The maximum absolute atomic E-state index is 11.7. The van der Waals surface area contributed by atoms with E-state index < -0.39 is 16.3 Å². The fourth-order valence-electron chi connectivity index (χ4n) is 3.02. The SMILES string of the molecule is CCCCCCCCCC(N)O.CCCCCCCCOS(=O)(=O)c1ccccc1. The van der Waals surface area contributed by atoms with Crippen molar-refractivity contribution in [2.24, 2.45) is 5.73 Å². The molecular weight excluding hydrogens is 398 g/mol. The molecule has 0 aliphatic carbocycles. The summed E-state index contributed by atoms with van der Waals surface area (Å²) in [6, 6.07) is 8.28. The molecule has 30 heavy (non-hydrogen) atoms. The second kappa shape index (κ2) is 20.0. The van der Waals surface area contributed by atoms with Gasteiger partial charge in [0.25, 0.3) is 10.1 Å². The Morgan fingerprint density at radius 1 is 0.800 bits per heavy atom. The zero-order chi connectivity index (χ0) is 22.5. The molecule has 0 spiro atoms. The second-order valence-electron chi connectivity index (χ2n) is 7.83. The summed E-state index contributed by atoms with van der Waals surface area (Å²) >= 11 is 0. The van der Waals surface area contributed by atoms with Crippen LogP contribution in [-0.2, 0) is 14.3 Å². The van der Waals surface area contributed by atoms with E-state index in [0.717, 1.165) is 32.1 Å². The van der Waals surface area contributed by atoms with Crippen molar-refractivity contribution in [3.63, 3.8) is 0 Å². The van der Waals surface area contributed by atoms with Crippen LogP contribution in [0.25, 0.3) is 0 Å². The third-order valence-corrected chi connectivity index (χ3v) is 6.20. The molecular formula is C24H45NO4S. The lowest BCUT2D eigenvalue weighted by molar-refractivity contribution is 0.168. The van der Waals surface area contributed by atoms with E-state index in [-0.39, 0.29) is 11.5 Å². The van der Waals surface area contributed by atoms with Gasteiger partial charge in [-0.15, -0.1) is 0 Å². The van der Waals surface area contributed by atoms with Crippen molar-refractivity contribution in [2.75, 3.05) is 6.61 Å². The van der Waals surface area contributed by atoms with Gasteiger partial charge in [0, 0.05) is 0 Å². The molecule has 0 fully saturated rings. The van der Waals surface area contributed by atoms with Gasteiger partial charge in [0.15, 0.2) is 0 Å². The van der Waals surface area contributed by atoms with Crippen molar-refractivity contribution >= 4 is 10.1 Å². The van der Waals surface area contributed by atoms with Crippen molar-refractivity contribution in [3.05, 3.63) is 30.3 Å². The van der Waals surface area contributed by atoms with Crippen LogP contribution in [0.3, 0.4) is 0 Å². The molecule has 0 radical (unpaired) electrons. The van der Waals surface area contributed by atoms with Crippen LogP contribution in [0.2, 0.25) is 0 Å². The highest BCUT2D eigenvalue weighted by Crippen LogP contribution is 2.13. The molecule has 1 rings (SSSR count). The van der Waals surface area contributed by atoms with Gasteiger partial charge in [0.05, 0.1) is 11.5 Å². The lowest BCUT2D eigenvalue weighted by atomic mass is 10.1. The van der Waals surface area contributed by atoms with E-state index in [1.165, 1.54) is 57.8 Å². The number of rotatable bonds is 17. The molecule has 0 aliphatic rings. The first-order valence-electron chi connectivity index (χ1n) is 11.8. The molecule has 0 heterocycles. The molecule has 0 aromatic heterocycles. The van der Waals surface area contributed by atoms with Crippen LogP contribution in [0.5, 0.6) is 0 Å². The standard InChI is InChI=1S/C14H22O3S.C10H23NO/c1-2-3-4-5-6-10-13-17-18(15,16)14-11-8-7-9-12-14;1-2-3-4-5-6-7-8-9-10(11)12/h7-9,11-12H,2-6,10,13H2,1H3;10,12H,2-9,11H2,1H3. The van der Waals surface area contributed by atoms with E-state index in [9.17, 15) is 8.42 Å². The van der Waals surface area contributed by atoms with Crippen LogP contribution in [0.4, 0.5) is 0 Å². The molecule has 5 nitrogen and oxygen atoms in total. The number of aliphatic hydroxyl groups is 1. The summed E-state index contributed by atoms with van der Waals surface area (Å²) in [6.45, 7) is 4.68. The van der Waals surface area contributed by atoms with Gasteiger partial charge < -0.3 is 10.8 Å². The maximum Gasteiger partial charge on any atom is 0.296 e. The first-order valence-corrected chi connectivity index (χ1v) is 13.2. The second-order valence-corrected chi connectivity index (χ2v) is 9.45. The zero-order valence-corrected chi connectivity index (χ0v) is 20.0. The van der Waals surface area contributed by atoms with Gasteiger partial charge in [-0.25, -0.2) is 0 Å². The van der Waals surface area contributed by atoms with Gasteiger partial charge in [-0.3, -0.25) is 4.18 Å². The molecule has 1 unspecified atom stereocenters. The van der Waals surface area contributed by atoms with E-state index in [1.807, 2.05) is 0 Å². The molecule has 1 aromatic carbocycles. The van der Waals surface area contributed by atoms with Crippen molar-refractivity contribution in [1.29, 1.82) is 0 Å². The third kappa shape index (κ3) is 17.9. The molecule has 1 aromatic rings. The zero-order valence-electron chi connectivity index (χ0n) is 19.2. The Bertz CT molecular complexity index is 576. The molecule has 176 valence electrons. The number of hydrogen-bond donors (Lipinski definition) is 2. The predicted molar refractivity (Wildman–Crippen MR) is 126 cm³/mol. The summed E-state index contributed by atoms with van der Waals surface area (Å²) in [5.41, 5.74) is 5.21. The van der Waals surface area contributed by atoms with Crippen LogP contribution in [0.15, 0.2) is 35.2 Å². The quantitative estimate of drug-likeness (QED) is 0.171. The van der Waals surface area contributed by atoms with Gasteiger partial charge in [0.2, 0.25) is 0 Å². The molecule has 0 aliphatic heterocycles. The van der Waals surface area contributed by atoms with E-state index in [2.05, 4.69) is 13.8 Å². The van der Waals surface area contributed by atoms with E-state index in [1.54, 1.807) is 30.3 Å². The summed E-state index contributed by atoms with van der Waals surface area (Å²) in [6.07, 6.45) is 15.8. The first kappa shape index (κ1) is 29.1. The van der Waals surface area contributed by atoms with Crippen molar-refractivity contribution in [2.45, 2.75) is 115 Å². The highest BCUT2D eigenvalue weighted by Gasteiger charge is 2.13. The maximum atomic E-state index is 11.7. The summed E-state index contributed by atoms with van der Waals surface area (Å²) in [4.78, 5) is 0.232. The molecule has 0 amide bonds. The monoisotopic (exact) mass is 443 g/mol. The highest BCUT2D eigenvalue weighted by molar-refractivity contribution is 7.86. The van der Waals surface area contributed by atoms with Crippen LogP contribution in [-0.4, -0.2) is 26.4 Å². The molecule has 6 heteroatoms.